The van der Waals surface area contributed by atoms with Crippen molar-refractivity contribution < 1.29 is 14.4 Å². The molecule has 0 radical (unpaired) electrons. The second kappa shape index (κ2) is 8.36. The van der Waals surface area contributed by atoms with Gasteiger partial charge in [0.05, 0.1) is 10.2 Å². The van der Waals surface area contributed by atoms with Crippen molar-refractivity contribution in [3.63, 3.8) is 0 Å². The number of rotatable bonds is 7. The minimum absolute atomic E-state index is 0.187. The molecule has 0 aliphatic carbocycles. The molecule has 0 bridgehead atoms. The summed E-state index contributed by atoms with van der Waals surface area (Å²) in [5.41, 5.74) is 3.12. The number of likely N-dealkylation sites (tertiary alicyclic amines) is 1. The van der Waals surface area contributed by atoms with Gasteiger partial charge < -0.3 is 4.90 Å². The van der Waals surface area contributed by atoms with Gasteiger partial charge >= 0.3 is 0 Å². The molecule has 0 spiro atoms. The number of benzene rings is 1. The Labute approximate surface area is 168 Å². The van der Waals surface area contributed by atoms with E-state index in [1.807, 2.05) is 27.9 Å². The van der Waals surface area contributed by atoms with Crippen LogP contribution in [-0.4, -0.2) is 66.2 Å². The van der Waals surface area contributed by atoms with Crippen LogP contribution < -0.4 is 4.90 Å². The number of amides is 3. The third-order valence-corrected chi connectivity index (χ3v) is 5.81. The minimum atomic E-state index is -0.276. The zero-order valence-corrected chi connectivity index (χ0v) is 17.6. The van der Waals surface area contributed by atoms with Crippen molar-refractivity contribution in [2.24, 2.45) is 0 Å². The largest absolute Gasteiger partial charge is 0.309 e. The SMILES string of the molecule is Cc1cc(C)c2nc(N(CCCN(C)C)C(=O)CN3C(=O)CCC3=O)sc2c1. The second-order valence-electron chi connectivity index (χ2n) is 7.50. The van der Waals surface area contributed by atoms with Crippen LogP contribution in [0.4, 0.5) is 5.13 Å². The lowest BCUT2D eigenvalue weighted by Gasteiger charge is -2.23. The summed E-state index contributed by atoms with van der Waals surface area (Å²) in [7, 11) is 3.97. The highest BCUT2D eigenvalue weighted by Crippen LogP contribution is 2.32. The molecule has 1 aromatic heterocycles. The highest BCUT2D eigenvalue weighted by Gasteiger charge is 2.32. The highest BCUT2D eigenvalue weighted by molar-refractivity contribution is 7.22. The molecule has 3 rings (SSSR count). The molecule has 28 heavy (non-hydrogen) atoms. The standard InChI is InChI=1S/C20H26N4O3S/c1-13-10-14(2)19-15(11-13)28-20(21-19)23(9-5-8-22(3)4)18(27)12-24-16(25)6-7-17(24)26/h10-11H,5-9,12H2,1-4H3. The molecule has 2 aromatic rings. The molecule has 7 nitrogen and oxygen atoms in total. The van der Waals surface area contributed by atoms with Gasteiger partial charge in [-0.25, -0.2) is 4.98 Å². The van der Waals surface area contributed by atoms with Crippen LogP contribution in [0.5, 0.6) is 0 Å². The molecule has 0 atom stereocenters. The zero-order chi connectivity index (χ0) is 20.4. The molecule has 1 aliphatic heterocycles. The van der Waals surface area contributed by atoms with E-state index >= 15 is 0 Å². The van der Waals surface area contributed by atoms with Crippen LogP contribution in [0.3, 0.4) is 0 Å². The average molecular weight is 403 g/mol. The number of fused-ring (bicyclic) bond motifs is 1. The quantitative estimate of drug-likeness (QED) is 0.665. The molecular weight excluding hydrogens is 376 g/mol. The van der Waals surface area contributed by atoms with E-state index in [0.717, 1.165) is 39.2 Å². The van der Waals surface area contributed by atoms with E-state index in [2.05, 4.69) is 17.0 Å². The summed E-state index contributed by atoms with van der Waals surface area (Å²) in [6.45, 7) is 5.15. The van der Waals surface area contributed by atoms with Crippen molar-refractivity contribution in [3.05, 3.63) is 23.3 Å². The fourth-order valence-corrected chi connectivity index (χ4v) is 4.55. The first-order valence-electron chi connectivity index (χ1n) is 9.42. The number of aryl methyl sites for hydroxylation is 2. The number of hydrogen-bond donors (Lipinski definition) is 0. The van der Waals surface area contributed by atoms with E-state index in [1.165, 1.54) is 11.3 Å². The average Bonchev–Trinajstić information content (AvgIpc) is 3.16. The predicted molar refractivity (Wildman–Crippen MR) is 111 cm³/mol. The first kappa shape index (κ1) is 20.4. The summed E-state index contributed by atoms with van der Waals surface area (Å²) in [5.74, 6) is -0.819. The Morgan fingerprint density at radius 3 is 2.46 bits per heavy atom. The monoisotopic (exact) mass is 402 g/mol. The second-order valence-corrected chi connectivity index (χ2v) is 8.51. The molecule has 0 unspecified atom stereocenters. The fourth-order valence-electron chi connectivity index (χ4n) is 3.37. The Morgan fingerprint density at radius 2 is 1.82 bits per heavy atom. The molecule has 1 aliphatic rings. The maximum absolute atomic E-state index is 13.0. The molecule has 150 valence electrons. The van der Waals surface area contributed by atoms with Crippen molar-refractivity contribution in [2.75, 3.05) is 38.6 Å². The summed E-state index contributed by atoms with van der Waals surface area (Å²) >= 11 is 1.47. The fraction of sp³-hybridized carbons (Fsp3) is 0.500. The Bertz CT molecular complexity index is 906. The van der Waals surface area contributed by atoms with Gasteiger partial charge in [-0.2, -0.15) is 0 Å². The summed E-state index contributed by atoms with van der Waals surface area (Å²) in [6, 6.07) is 4.14. The molecule has 3 amide bonds. The normalized spacial score (nSPS) is 14.5. The van der Waals surface area contributed by atoms with E-state index in [-0.39, 0.29) is 37.1 Å². The number of carbonyl (C=O) groups is 3. The van der Waals surface area contributed by atoms with Crippen molar-refractivity contribution >= 4 is 44.4 Å². The van der Waals surface area contributed by atoms with E-state index in [0.29, 0.717) is 11.7 Å². The van der Waals surface area contributed by atoms with Gasteiger partial charge in [-0.1, -0.05) is 17.4 Å². The highest BCUT2D eigenvalue weighted by atomic mass is 32.1. The van der Waals surface area contributed by atoms with Crippen LogP contribution in [0.25, 0.3) is 10.2 Å². The Kier molecular flexibility index (Phi) is 6.10. The van der Waals surface area contributed by atoms with E-state index in [4.69, 9.17) is 4.98 Å². The lowest BCUT2D eigenvalue weighted by Crippen LogP contribution is -2.43. The number of imide groups is 1. The van der Waals surface area contributed by atoms with Gasteiger partial charge in [0.15, 0.2) is 5.13 Å². The van der Waals surface area contributed by atoms with E-state index < -0.39 is 0 Å². The molecule has 1 fully saturated rings. The Hall–Kier alpha value is -2.32. The van der Waals surface area contributed by atoms with Crippen molar-refractivity contribution in [2.45, 2.75) is 33.1 Å². The Morgan fingerprint density at radius 1 is 1.14 bits per heavy atom. The van der Waals surface area contributed by atoms with Crippen LogP contribution in [-0.2, 0) is 14.4 Å². The van der Waals surface area contributed by atoms with Crippen LogP contribution in [0.1, 0.15) is 30.4 Å². The van der Waals surface area contributed by atoms with Crippen molar-refractivity contribution in [1.29, 1.82) is 0 Å². The maximum Gasteiger partial charge on any atom is 0.248 e. The number of hydrogen-bond acceptors (Lipinski definition) is 6. The van der Waals surface area contributed by atoms with Crippen molar-refractivity contribution in [3.8, 4) is 0 Å². The zero-order valence-electron chi connectivity index (χ0n) is 16.8. The van der Waals surface area contributed by atoms with Crippen LogP contribution in [0.15, 0.2) is 12.1 Å². The Balaban J connectivity index is 1.87. The maximum atomic E-state index is 13.0. The smallest absolute Gasteiger partial charge is 0.248 e. The van der Waals surface area contributed by atoms with Crippen LogP contribution >= 0.6 is 11.3 Å². The van der Waals surface area contributed by atoms with E-state index in [9.17, 15) is 14.4 Å². The van der Waals surface area contributed by atoms with Gasteiger partial charge in [0.1, 0.15) is 6.54 Å². The third kappa shape index (κ3) is 4.39. The van der Waals surface area contributed by atoms with Gasteiger partial charge in [0.2, 0.25) is 17.7 Å². The number of anilines is 1. The van der Waals surface area contributed by atoms with Crippen LogP contribution in [0.2, 0.25) is 0 Å². The molecule has 0 N–H and O–H groups in total. The van der Waals surface area contributed by atoms with Gasteiger partial charge in [0.25, 0.3) is 0 Å². The molecular formula is C20H26N4O3S. The summed E-state index contributed by atoms with van der Waals surface area (Å²) < 4.78 is 1.03. The number of nitrogens with zero attached hydrogens (tertiary/aromatic N) is 4. The van der Waals surface area contributed by atoms with Gasteiger partial charge in [-0.15, -0.1) is 0 Å². The molecule has 1 aromatic carbocycles. The number of carbonyl (C=O) groups excluding carboxylic acids is 3. The molecule has 8 heteroatoms. The number of aromatic nitrogens is 1. The van der Waals surface area contributed by atoms with Gasteiger partial charge in [-0.05, 0) is 58.1 Å². The van der Waals surface area contributed by atoms with Gasteiger partial charge in [0, 0.05) is 19.4 Å². The lowest BCUT2D eigenvalue weighted by atomic mass is 10.1. The summed E-state index contributed by atoms with van der Waals surface area (Å²) in [4.78, 5) is 46.3. The summed E-state index contributed by atoms with van der Waals surface area (Å²) in [6.07, 6.45) is 1.15. The first-order valence-corrected chi connectivity index (χ1v) is 10.2. The molecule has 1 saturated heterocycles. The summed E-state index contributed by atoms with van der Waals surface area (Å²) in [5, 5.41) is 0.617. The first-order chi connectivity index (χ1) is 13.3. The predicted octanol–water partition coefficient (Wildman–Crippen LogP) is 2.35. The number of thiazole rings is 1. The van der Waals surface area contributed by atoms with E-state index in [1.54, 1.807) is 4.90 Å². The van der Waals surface area contributed by atoms with Crippen molar-refractivity contribution in [1.82, 2.24) is 14.8 Å². The molecule has 2 heterocycles. The lowest BCUT2D eigenvalue weighted by molar-refractivity contribution is -0.141. The van der Waals surface area contributed by atoms with Crippen LogP contribution in [0, 0.1) is 13.8 Å². The molecule has 0 saturated carbocycles. The minimum Gasteiger partial charge on any atom is -0.309 e. The topological polar surface area (TPSA) is 73.8 Å². The third-order valence-electron chi connectivity index (χ3n) is 4.79. The van der Waals surface area contributed by atoms with Gasteiger partial charge in [-0.3, -0.25) is 24.2 Å².